The molecule has 1 aliphatic rings. The van der Waals surface area contributed by atoms with Crippen LogP contribution < -0.4 is 5.32 Å². The second-order valence-corrected chi connectivity index (χ2v) is 7.75. The first-order valence-electron chi connectivity index (χ1n) is 8.66. The molecule has 0 saturated carbocycles. The van der Waals surface area contributed by atoms with E-state index >= 15 is 0 Å². The van der Waals surface area contributed by atoms with Gasteiger partial charge >= 0.3 is 0 Å². The number of hydrogen-bond acceptors (Lipinski definition) is 5. The molecule has 0 bridgehead atoms. The van der Waals surface area contributed by atoms with Crippen LogP contribution in [0.1, 0.15) is 17.4 Å². The molecular formula is C19H23N3O4S. The number of aromatic nitrogens is 2. The zero-order valence-corrected chi connectivity index (χ0v) is 16.1. The lowest BCUT2D eigenvalue weighted by Gasteiger charge is -2.24. The fourth-order valence-corrected chi connectivity index (χ4v) is 3.50. The number of hydrogen-bond donors (Lipinski definition) is 2. The Morgan fingerprint density at radius 2 is 1.93 bits per heavy atom. The van der Waals surface area contributed by atoms with Crippen molar-refractivity contribution in [3.05, 3.63) is 59.8 Å². The maximum atomic E-state index is 10.5. The van der Waals surface area contributed by atoms with Gasteiger partial charge in [0.05, 0.1) is 29.3 Å². The van der Waals surface area contributed by atoms with Gasteiger partial charge < -0.3 is 10.1 Å². The van der Waals surface area contributed by atoms with Gasteiger partial charge in [0.15, 0.2) is 0 Å². The average molecular weight is 389 g/mol. The Balaban J connectivity index is 0.000000168. The van der Waals surface area contributed by atoms with E-state index in [-0.39, 0.29) is 11.0 Å². The van der Waals surface area contributed by atoms with Crippen molar-refractivity contribution in [3.8, 4) is 0 Å². The molecule has 0 spiro atoms. The van der Waals surface area contributed by atoms with Gasteiger partial charge in [-0.3, -0.25) is 9.23 Å². The minimum Gasteiger partial charge on any atom is -0.369 e. The van der Waals surface area contributed by atoms with Gasteiger partial charge in [-0.05, 0) is 32.2 Å². The summed E-state index contributed by atoms with van der Waals surface area (Å²) < 4.78 is 37.4. The number of rotatable bonds is 3. The zero-order valence-electron chi connectivity index (χ0n) is 15.3. The van der Waals surface area contributed by atoms with Crippen molar-refractivity contribution in [1.82, 2.24) is 15.1 Å². The molecule has 2 aromatic carbocycles. The van der Waals surface area contributed by atoms with Gasteiger partial charge in [-0.15, -0.1) is 0 Å². The summed E-state index contributed by atoms with van der Waals surface area (Å²) in [6, 6.07) is 14.2. The predicted octanol–water partition coefficient (Wildman–Crippen LogP) is 2.57. The van der Waals surface area contributed by atoms with Gasteiger partial charge in [0, 0.05) is 11.9 Å². The molecule has 1 aromatic heterocycles. The number of nitrogens with zero attached hydrogens (tertiary/aromatic N) is 2. The van der Waals surface area contributed by atoms with Crippen molar-refractivity contribution in [3.63, 3.8) is 0 Å². The van der Waals surface area contributed by atoms with Crippen LogP contribution in [-0.2, 0) is 21.4 Å². The van der Waals surface area contributed by atoms with Crippen LogP contribution in [0.2, 0.25) is 0 Å². The molecule has 0 aliphatic carbocycles. The van der Waals surface area contributed by atoms with Gasteiger partial charge in [0.25, 0.3) is 10.1 Å². The van der Waals surface area contributed by atoms with E-state index in [0.29, 0.717) is 0 Å². The Kier molecular flexibility index (Phi) is 5.91. The Morgan fingerprint density at radius 1 is 1.22 bits per heavy atom. The monoisotopic (exact) mass is 389 g/mol. The van der Waals surface area contributed by atoms with Gasteiger partial charge in [-0.25, -0.2) is 0 Å². The lowest BCUT2D eigenvalue weighted by atomic mass is 10.1. The van der Waals surface area contributed by atoms with Gasteiger partial charge in [-0.1, -0.05) is 35.9 Å². The summed E-state index contributed by atoms with van der Waals surface area (Å²) in [4.78, 5) is -0.0666. The Morgan fingerprint density at radius 3 is 2.59 bits per heavy atom. The van der Waals surface area contributed by atoms with Crippen molar-refractivity contribution < 1.29 is 17.7 Å². The topological polar surface area (TPSA) is 93.5 Å². The minimum atomic E-state index is -4.02. The molecule has 1 atom stereocenters. The summed E-state index contributed by atoms with van der Waals surface area (Å²) in [5.41, 5.74) is 3.22. The summed E-state index contributed by atoms with van der Waals surface area (Å²) in [5, 5.41) is 8.97. The van der Waals surface area contributed by atoms with Crippen LogP contribution in [-0.4, -0.2) is 43.0 Å². The van der Waals surface area contributed by atoms with E-state index in [9.17, 15) is 8.42 Å². The highest BCUT2D eigenvalue weighted by Crippen LogP contribution is 2.29. The third-order valence-electron chi connectivity index (χ3n) is 4.32. The first-order chi connectivity index (χ1) is 12.9. The first kappa shape index (κ1) is 19.5. The molecule has 4 rings (SSSR count). The number of benzene rings is 2. The predicted molar refractivity (Wildman–Crippen MR) is 103 cm³/mol. The molecule has 0 radical (unpaired) electrons. The Hall–Kier alpha value is -2.26. The smallest absolute Gasteiger partial charge is 0.294 e. The van der Waals surface area contributed by atoms with E-state index in [4.69, 9.17) is 9.29 Å². The van der Waals surface area contributed by atoms with E-state index in [1.807, 2.05) is 20.0 Å². The van der Waals surface area contributed by atoms with Crippen LogP contribution in [0.4, 0.5) is 0 Å². The van der Waals surface area contributed by atoms with Gasteiger partial charge in [-0.2, -0.15) is 13.5 Å². The molecule has 1 aliphatic heterocycles. The second kappa shape index (κ2) is 8.18. The van der Waals surface area contributed by atoms with Crippen LogP contribution in [0, 0.1) is 6.92 Å². The van der Waals surface area contributed by atoms with E-state index in [0.717, 1.165) is 30.8 Å². The fourth-order valence-electron chi connectivity index (χ4n) is 3.02. The largest absolute Gasteiger partial charge is 0.369 e. The maximum absolute atomic E-state index is 10.5. The maximum Gasteiger partial charge on any atom is 0.294 e. The van der Waals surface area contributed by atoms with Gasteiger partial charge in [0.1, 0.15) is 6.10 Å². The van der Waals surface area contributed by atoms with Crippen LogP contribution in [0.3, 0.4) is 0 Å². The molecule has 0 fully saturated rings. The number of aryl methyl sites for hydroxylation is 1. The van der Waals surface area contributed by atoms with E-state index in [2.05, 4.69) is 33.3 Å². The molecule has 144 valence electrons. The van der Waals surface area contributed by atoms with Crippen LogP contribution in [0.25, 0.3) is 10.9 Å². The highest BCUT2D eigenvalue weighted by molar-refractivity contribution is 7.85. The summed E-state index contributed by atoms with van der Waals surface area (Å²) in [5.74, 6) is 0. The lowest BCUT2D eigenvalue weighted by Crippen LogP contribution is -2.28. The molecule has 0 amide bonds. The van der Waals surface area contributed by atoms with Gasteiger partial charge in [0.2, 0.25) is 0 Å². The first-order valence-corrected chi connectivity index (χ1v) is 10.1. The third-order valence-corrected chi connectivity index (χ3v) is 5.19. The van der Waals surface area contributed by atoms with Crippen molar-refractivity contribution in [2.24, 2.45) is 0 Å². The van der Waals surface area contributed by atoms with E-state index < -0.39 is 10.1 Å². The molecule has 27 heavy (non-hydrogen) atoms. The molecule has 1 unspecified atom stereocenters. The summed E-state index contributed by atoms with van der Waals surface area (Å²) in [6.07, 6.45) is 0.117. The second-order valence-electron chi connectivity index (χ2n) is 6.33. The molecule has 2 heterocycles. The molecule has 0 saturated heterocycles. The lowest BCUT2D eigenvalue weighted by molar-refractivity contribution is 0.0195. The van der Waals surface area contributed by atoms with Crippen molar-refractivity contribution in [2.75, 3.05) is 20.2 Å². The van der Waals surface area contributed by atoms with E-state index in [1.165, 1.54) is 23.2 Å². The van der Waals surface area contributed by atoms with Crippen molar-refractivity contribution in [2.45, 2.75) is 24.5 Å². The van der Waals surface area contributed by atoms with Crippen molar-refractivity contribution in [1.29, 1.82) is 0 Å². The van der Waals surface area contributed by atoms with Crippen LogP contribution >= 0.6 is 0 Å². The highest BCUT2D eigenvalue weighted by Gasteiger charge is 2.24. The molecule has 2 N–H and O–H groups in total. The number of fused-ring (bicyclic) bond motifs is 3. The molecule has 7 nitrogen and oxygen atoms in total. The highest BCUT2D eigenvalue weighted by atomic mass is 32.2. The number of nitrogens with one attached hydrogen (secondary N) is 1. The summed E-state index contributed by atoms with van der Waals surface area (Å²) >= 11 is 0. The average Bonchev–Trinajstić information content (AvgIpc) is 3.02. The SMILES string of the molecule is CNCC1OCCn2nc3ccccc3c21.Cc1ccc(S(=O)(=O)O)cc1. The minimum absolute atomic E-state index is 0.0666. The normalized spacial score (nSPS) is 16.5. The Labute approximate surface area is 158 Å². The fraction of sp³-hybridized carbons (Fsp3) is 0.316. The Bertz CT molecular complexity index is 1010. The van der Waals surface area contributed by atoms with Crippen LogP contribution in [0.15, 0.2) is 53.4 Å². The molecule has 8 heteroatoms. The third kappa shape index (κ3) is 4.54. The molecule has 3 aromatic rings. The number of likely N-dealkylation sites (N-methyl/N-ethyl adjacent to an activating group) is 1. The van der Waals surface area contributed by atoms with Crippen LogP contribution in [0.5, 0.6) is 0 Å². The number of ether oxygens (including phenoxy) is 1. The quantitative estimate of drug-likeness (QED) is 0.669. The van der Waals surface area contributed by atoms with E-state index in [1.54, 1.807) is 12.1 Å². The standard InChI is InChI=1S/C12H15N3O.C7H8O3S/c1-13-8-11-12-9-4-2-3-5-10(9)14-15(12)6-7-16-11;1-6-2-4-7(5-3-6)11(8,9)10/h2-5,11,13H,6-8H2,1H3;2-5H,1H3,(H,8,9,10). The van der Waals surface area contributed by atoms with Crippen molar-refractivity contribution >= 4 is 21.0 Å². The zero-order chi connectivity index (χ0) is 19.4. The molecular weight excluding hydrogens is 366 g/mol. The summed E-state index contributed by atoms with van der Waals surface area (Å²) in [7, 11) is -2.07. The summed E-state index contributed by atoms with van der Waals surface area (Å²) in [6.45, 7) is 4.26.